The van der Waals surface area contributed by atoms with Crippen molar-refractivity contribution in [2.45, 2.75) is 39.7 Å². The van der Waals surface area contributed by atoms with E-state index in [0.717, 1.165) is 36.3 Å². The molecule has 1 aromatic carbocycles. The Bertz CT molecular complexity index is 305. The average Bonchev–Trinajstić information content (AvgIpc) is 2.20. The van der Waals surface area contributed by atoms with E-state index in [1.54, 1.807) is 6.92 Å². The van der Waals surface area contributed by atoms with Gasteiger partial charge in [0.15, 0.2) is 0 Å². The first-order valence-electron chi connectivity index (χ1n) is 5.56. The zero-order chi connectivity index (χ0) is 11.3. The van der Waals surface area contributed by atoms with Crippen molar-refractivity contribution in [3.05, 3.63) is 29.3 Å². The molecule has 2 nitrogen and oxygen atoms in total. The second kappa shape index (κ2) is 5.76. The molecule has 0 aromatic heterocycles. The van der Waals surface area contributed by atoms with E-state index in [1.165, 1.54) is 0 Å². The number of aryl methyl sites for hydroxylation is 1. The second-order valence-electron chi connectivity index (χ2n) is 3.92. The number of rotatable bonds is 5. The molecule has 0 saturated heterocycles. The molecule has 1 aromatic rings. The smallest absolute Gasteiger partial charge is 0.125 e. The standard InChI is InChI=1S/C13H20O2/c1-4-5-8-15-13-7-6-10(2)9-12(13)11(3)14/h6-7,9,11,14H,4-5,8H2,1-3H3/t11-/m1/s1. The minimum atomic E-state index is -0.471. The largest absolute Gasteiger partial charge is 0.493 e. The highest BCUT2D eigenvalue weighted by molar-refractivity contribution is 5.38. The van der Waals surface area contributed by atoms with E-state index in [4.69, 9.17) is 4.74 Å². The SMILES string of the molecule is CCCCOc1ccc(C)cc1[C@@H](C)O. The summed E-state index contributed by atoms with van der Waals surface area (Å²) in [7, 11) is 0. The molecule has 84 valence electrons. The van der Waals surface area contributed by atoms with E-state index in [-0.39, 0.29) is 0 Å². The molecule has 0 fully saturated rings. The highest BCUT2D eigenvalue weighted by atomic mass is 16.5. The van der Waals surface area contributed by atoms with Gasteiger partial charge in [0.1, 0.15) is 5.75 Å². The highest BCUT2D eigenvalue weighted by Gasteiger charge is 2.08. The molecule has 0 unspecified atom stereocenters. The fourth-order valence-electron chi connectivity index (χ4n) is 1.45. The van der Waals surface area contributed by atoms with Crippen LogP contribution in [-0.4, -0.2) is 11.7 Å². The molecule has 1 rings (SSSR count). The minimum Gasteiger partial charge on any atom is -0.493 e. The Kier molecular flexibility index (Phi) is 4.63. The van der Waals surface area contributed by atoms with Gasteiger partial charge in [0.2, 0.25) is 0 Å². The van der Waals surface area contributed by atoms with E-state index in [2.05, 4.69) is 6.92 Å². The van der Waals surface area contributed by atoms with Crippen LogP contribution in [0.5, 0.6) is 5.75 Å². The number of hydrogen-bond donors (Lipinski definition) is 1. The normalized spacial score (nSPS) is 12.5. The Morgan fingerprint density at radius 3 is 2.73 bits per heavy atom. The highest BCUT2D eigenvalue weighted by Crippen LogP contribution is 2.26. The summed E-state index contributed by atoms with van der Waals surface area (Å²) in [6.07, 6.45) is 1.70. The molecule has 1 atom stereocenters. The molecule has 0 heterocycles. The van der Waals surface area contributed by atoms with E-state index in [1.807, 2.05) is 25.1 Å². The van der Waals surface area contributed by atoms with E-state index < -0.39 is 6.10 Å². The molecule has 0 radical (unpaired) electrons. The first kappa shape index (κ1) is 12.1. The predicted molar refractivity (Wildman–Crippen MR) is 62.2 cm³/mol. The van der Waals surface area contributed by atoms with Gasteiger partial charge in [-0.15, -0.1) is 0 Å². The van der Waals surface area contributed by atoms with Crippen LogP contribution in [0.25, 0.3) is 0 Å². The van der Waals surface area contributed by atoms with Crippen LogP contribution in [0.4, 0.5) is 0 Å². The van der Waals surface area contributed by atoms with E-state index in [9.17, 15) is 5.11 Å². The Labute approximate surface area is 91.9 Å². The minimum absolute atomic E-state index is 0.471. The van der Waals surface area contributed by atoms with Crippen LogP contribution in [0.1, 0.15) is 43.9 Å². The molecule has 0 amide bonds. The van der Waals surface area contributed by atoms with Gasteiger partial charge in [0.25, 0.3) is 0 Å². The number of unbranched alkanes of at least 4 members (excludes halogenated alkanes) is 1. The van der Waals surface area contributed by atoms with Crippen molar-refractivity contribution in [2.24, 2.45) is 0 Å². The fraction of sp³-hybridized carbons (Fsp3) is 0.538. The maximum atomic E-state index is 9.61. The van der Waals surface area contributed by atoms with Crippen molar-refractivity contribution < 1.29 is 9.84 Å². The maximum Gasteiger partial charge on any atom is 0.125 e. The monoisotopic (exact) mass is 208 g/mol. The summed E-state index contributed by atoms with van der Waals surface area (Å²) in [4.78, 5) is 0. The number of aliphatic hydroxyl groups is 1. The molecular weight excluding hydrogens is 188 g/mol. The predicted octanol–water partition coefficient (Wildman–Crippen LogP) is 3.23. The van der Waals surface area contributed by atoms with Crippen LogP contribution in [-0.2, 0) is 0 Å². The third-order valence-corrected chi connectivity index (χ3v) is 2.37. The molecule has 0 aliphatic carbocycles. The Hall–Kier alpha value is -1.02. The number of aliphatic hydroxyl groups excluding tert-OH is 1. The van der Waals surface area contributed by atoms with Crippen molar-refractivity contribution in [1.82, 2.24) is 0 Å². The molecule has 1 N–H and O–H groups in total. The number of benzene rings is 1. The lowest BCUT2D eigenvalue weighted by Gasteiger charge is -2.13. The summed E-state index contributed by atoms with van der Waals surface area (Å²) in [5.41, 5.74) is 2.03. The third-order valence-electron chi connectivity index (χ3n) is 2.37. The van der Waals surface area contributed by atoms with Crippen LogP contribution in [0.3, 0.4) is 0 Å². The van der Waals surface area contributed by atoms with Crippen LogP contribution in [0.15, 0.2) is 18.2 Å². The summed E-state index contributed by atoms with van der Waals surface area (Å²) < 4.78 is 5.63. The van der Waals surface area contributed by atoms with Gasteiger partial charge in [-0.05, 0) is 32.4 Å². The lowest BCUT2D eigenvalue weighted by Crippen LogP contribution is -2.02. The van der Waals surface area contributed by atoms with Gasteiger partial charge in [-0.25, -0.2) is 0 Å². The molecule has 0 aliphatic rings. The van der Waals surface area contributed by atoms with Crippen molar-refractivity contribution in [3.63, 3.8) is 0 Å². The van der Waals surface area contributed by atoms with Gasteiger partial charge in [0, 0.05) is 5.56 Å². The van der Waals surface area contributed by atoms with Crippen LogP contribution in [0, 0.1) is 6.92 Å². The summed E-state index contributed by atoms with van der Waals surface area (Å²) >= 11 is 0. The first-order valence-corrected chi connectivity index (χ1v) is 5.56. The van der Waals surface area contributed by atoms with Gasteiger partial charge in [-0.2, -0.15) is 0 Å². The third kappa shape index (κ3) is 3.56. The van der Waals surface area contributed by atoms with Crippen LogP contribution < -0.4 is 4.74 Å². The van der Waals surface area contributed by atoms with Crippen molar-refractivity contribution in [1.29, 1.82) is 0 Å². The average molecular weight is 208 g/mol. The molecular formula is C13H20O2. The molecule has 0 saturated carbocycles. The van der Waals surface area contributed by atoms with Gasteiger partial charge < -0.3 is 9.84 Å². The summed E-state index contributed by atoms with van der Waals surface area (Å²) in [5.74, 6) is 0.809. The first-order chi connectivity index (χ1) is 7.15. The zero-order valence-electron chi connectivity index (χ0n) is 9.79. The Balaban J connectivity index is 2.77. The molecule has 15 heavy (non-hydrogen) atoms. The number of hydrogen-bond acceptors (Lipinski definition) is 2. The lowest BCUT2D eigenvalue weighted by molar-refractivity contribution is 0.191. The summed E-state index contributed by atoms with van der Waals surface area (Å²) in [6, 6.07) is 5.92. The molecule has 0 bridgehead atoms. The van der Waals surface area contributed by atoms with Crippen molar-refractivity contribution >= 4 is 0 Å². The van der Waals surface area contributed by atoms with Crippen LogP contribution >= 0.6 is 0 Å². The fourth-order valence-corrected chi connectivity index (χ4v) is 1.45. The zero-order valence-corrected chi connectivity index (χ0v) is 9.79. The summed E-state index contributed by atoms with van der Waals surface area (Å²) in [6.45, 7) is 6.64. The Morgan fingerprint density at radius 1 is 1.40 bits per heavy atom. The Morgan fingerprint density at radius 2 is 2.13 bits per heavy atom. The van der Waals surface area contributed by atoms with Gasteiger partial charge >= 0.3 is 0 Å². The second-order valence-corrected chi connectivity index (χ2v) is 3.92. The van der Waals surface area contributed by atoms with Gasteiger partial charge in [0.05, 0.1) is 12.7 Å². The van der Waals surface area contributed by atoms with E-state index >= 15 is 0 Å². The molecule has 2 heteroatoms. The molecule has 0 spiro atoms. The topological polar surface area (TPSA) is 29.5 Å². The van der Waals surface area contributed by atoms with Gasteiger partial charge in [-0.3, -0.25) is 0 Å². The lowest BCUT2D eigenvalue weighted by atomic mass is 10.1. The molecule has 0 aliphatic heterocycles. The van der Waals surface area contributed by atoms with Crippen molar-refractivity contribution in [2.75, 3.05) is 6.61 Å². The quantitative estimate of drug-likeness (QED) is 0.753. The van der Waals surface area contributed by atoms with E-state index in [0.29, 0.717) is 0 Å². The number of ether oxygens (including phenoxy) is 1. The van der Waals surface area contributed by atoms with Crippen molar-refractivity contribution in [3.8, 4) is 5.75 Å². The summed E-state index contributed by atoms with van der Waals surface area (Å²) in [5, 5.41) is 9.61. The maximum absolute atomic E-state index is 9.61. The van der Waals surface area contributed by atoms with Crippen LogP contribution in [0.2, 0.25) is 0 Å². The van der Waals surface area contributed by atoms with Gasteiger partial charge in [-0.1, -0.05) is 25.0 Å².